The number of rotatable bonds is 5. The minimum absolute atomic E-state index is 0.234. The molecule has 0 bridgehead atoms. The van der Waals surface area contributed by atoms with Gasteiger partial charge in [0.25, 0.3) is 0 Å². The Morgan fingerprint density at radius 1 is 1.44 bits per heavy atom. The molecule has 0 spiro atoms. The number of aryl methyl sites for hydroxylation is 1. The van der Waals surface area contributed by atoms with Crippen molar-refractivity contribution in [2.75, 3.05) is 7.05 Å². The first-order valence-electron chi connectivity index (χ1n) is 6.03. The lowest BCUT2D eigenvalue weighted by Crippen LogP contribution is -2.40. The second-order valence-corrected chi connectivity index (χ2v) is 5.31. The molecular weight excluding hydrogens is 200 g/mol. The molecule has 1 aromatic rings. The molecule has 0 saturated carbocycles. The highest BCUT2D eigenvalue weighted by molar-refractivity contribution is 4.93. The maximum atomic E-state index is 4.35. The van der Waals surface area contributed by atoms with Crippen LogP contribution in [-0.2, 0) is 13.0 Å². The Labute approximate surface area is 98.5 Å². The minimum Gasteiger partial charge on any atom is -0.316 e. The van der Waals surface area contributed by atoms with Crippen LogP contribution in [0.2, 0.25) is 0 Å². The quantitative estimate of drug-likeness (QED) is 0.830. The van der Waals surface area contributed by atoms with Crippen molar-refractivity contribution in [2.24, 2.45) is 5.41 Å². The molecule has 1 atom stereocenters. The molecule has 0 radical (unpaired) electrons. The molecule has 1 N–H and O–H groups in total. The van der Waals surface area contributed by atoms with E-state index in [0.717, 1.165) is 25.2 Å². The van der Waals surface area contributed by atoms with Crippen molar-refractivity contribution in [1.29, 1.82) is 0 Å². The molecule has 16 heavy (non-hydrogen) atoms. The molecular formula is C12H24N4. The van der Waals surface area contributed by atoms with E-state index in [2.05, 4.69) is 43.1 Å². The summed E-state index contributed by atoms with van der Waals surface area (Å²) in [7, 11) is 2.01. The van der Waals surface area contributed by atoms with Crippen molar-refractivity contribution in [3.05, 3.63) is 12.2 Å². The third-order valence-electron chi connectivity index (χ3n) is 2.91. The molecule has 1 unspecified atom stereocenters. The van der Waals surface area contributed by atoms with Gasteiger partial charge in [0.2, 0.25) is 0 Å². The molecule has 4 nitrogen and oxygen atoms in total. The van der Waals surface area contributed by atoms with E-state index in [-0.39, 0.29) is 5.41 Å². The minimum atomic E-state index is 0.234. The van der Waals surface area contributed by atoms with Crippen molar-refractivity contribution in [3.63, 3.8) is 0 Å². The van der Waals surface area contributed by atoms with Crippen molar-refractivity contribution in [3.8, 4) is 0 Å². The monoisotopic (exact) mass is 224 g/mol. The first-order chi connectivity index (χ1) is 7.49. The fraction of sp³-hybridized carbons (Fsp3) is 0.833. The normalized spacial score (nSPS) is 14.1. The molecule has 0 aliphatic rings. The molecule has 1 aromatic heterocycles. The summed E-state index contributed by atoms with van der Waals surface area (Å²) in [4.78, 5) is 4.35. The second-order valence-electron chi connectivity index (χ2n) is 5.31. The SMILES string of the molecule is CCCn1ncnc1CC(NC)C(C)(C)C. The van der Waals surface area contributed by atoms with Gasteiger partial charge in [0, 0.05) is 19.0 Å². The average molecular weight is 224 g/mol. The lowest BCUT2D eigenvalue weighted by molar-refractivity contribution is 0.273. The van der Waals surface area contributed by atoms with E-state index >= 15 is 0 Å². The van der Waals surface area contributed by atoms with Gasteiger partial charge in [-0.25, -0.2) is 4.98 Å². The van der Waals surface area contributed by atoms with Crippen LogP contribution in [-0.4, -0.2) is 27.9 Å². The number of hydrogen-bond donors (Lipinski definition) is 1. The summed E-state index contributed by atoms with van der Waals surface area (Å²) in [6.07, 6.45) is 3.68. The average Bonchev–Trinajstić information content (AvgIpc) is 2.60. The van der Waals surface area contributed by atoms with Crippen LogP contribution in [0.5, 0.6) is 0 Å². The number of hydrogen-bond acceptors (Lipinski definition) is 3. The predicted octanol–water partition coefficient (Wildman–Crippen LogP) is 1.86. The molecule has 0 saturated heterocycles. The van der Waals surface area contributed by atoms with E-state index in [1.807, 2.05) is 11.7 Å². The lowest BCUT2D eigenvalue weighted by Gasteiger charge is -2.30. The Balaban J connectivity index is 2.74. The van der Waals surface area contributed by atoms with Crippen LogP contribution in [0.1, 0.15) is 39.9 Å². The number of aromatic nitrogens is 3. The van der Waals surface area contributed by atoms with E-state index in [9.17, 15) is 0 Å². The molecule has 1 rings (SSSR count). The van der Waals surface area contributed by atoms with Crippen LogP contribution >= 0.6 is 0 Å². The van der Waals surface area contributed by atoms with E-state index in [1.165, 1.54) is 0 Å². The van der Waals surface area contributed by atoms with Crippen molar-refractivity contribution >= 4 is 0 Å². The Bertz CT molecular complexity index is 311. The molecule has 92 valence electrons. The van der Waals surface area contributed by atoms with Gasteiger partial charge in [-0.3, -0.25) is 4.68 Å². The van der Waals surface area contributed by atoms with Gasteiger partial charge < -0.3 is 5.32 Å². The van der Waals surface area contributed by atoms with Crippen molar-refractivity contribution in [2.45, 2.75) is 53.1 Å². The van der Waals surface area contributed by atoms with E-state index in [4.69, 9.17) is 0 Å². The van der Waals surface area contributed by atoms with Gasteiger partial charge in [-0.05, 0) is 18.9 Å². The Morgan fingerprint density at radius 3 is 2.62 bits per heavy atom. The van der Waals surface area contributed by atoms with Crippen LogP contribution in [0.4, 0.5) is 0 Å². The second kappa shape index (κ2) is 5.43. The summed E-state index contributed by atoms with van der Waals surface area (Å²) in [6, 6.07) is 0.423. The highest BCUT2D eigenvalue weighted by Crippen LogP contribution is 2.21. The number of likely N-dealkylation sites (N-methyl/N-ethyl adjacent to an activating group) is 1. The van der Waals surface area contributed by atoms with Gasteiger partial charge in [-0.1, -0.05) is 27.7 Å². The Morgan fingerprint density at radius 2 is 2.12 bits per heavy atom. The van der Waals surface area contributed by atoms with Gasteiger partial charge in [0.05, 0.1) is 0 Å². The van der Waals surface area contributed by atoms with Crippen LogP contribution < -0.4 is 5.32 Å². The fourth-order valence-corrected chi connectivity index (χ4v) is 1.87. The summed E-state index contributed by atoms with van der Waals surface area (Å²) in [5.41, 5.74) is 0.234. The summed E-state index contributed by atoms with van der Waals surface area (Å²) in [5, 5.41) is 7.62. The molecule has 0 amide bonds. The highest BCUT2D eigenvalue weighted by atomic mass is 15.3. The van der Waals surface area contributed by atoms with Crippen LogP contribution in [0.15, 0.2) is 6.33 Å². The molecule has 1 heterocycles. The molecule has 0 fully saturated rings. The Hall–Kier alpha value is -0.900. The standard InChI is InChI=1S/C12H24N4/c1-6-7-16-11(14-9-15-16)8-10(13-5)12(2,3)4/h9-10,13H,6-8H2,1-5H3. The fourth-order valence-electron chi connectivity index (χ4n) is 1.87. The van der Waals surface area contributed by atoms with Crippen molar-refractivity contribution in [1.82, 2.24) is 20.1 Å². The molecule has 4 heteroatoms. The maximum absolute atomic E-state index is 4.35. The van der Waals surface area contributed by atoms with Gasteiger partial charge >= 0.3 is 0 Å². The van der Waals surface area contributed by atoms with Gasteiger partial charge in [-0.2, -0.15) is 5.10 Å². The van der Waals surface area contributed by atoms with Crippen LogP contribution in [0.3, 0.4) is 0 Å². The van der Waals surface area contributed by atoms with Gasteiger partial charge in [-0.15, -0.1) is 0 Å². The number of nitrogens with one attached hydrogen (secondary N) is 1. The summed E-state index contributed by atoms with van der Waals surface area (Å²) < 4.78 is 2.01. The summed E-state index contributed by atoms with van der Waals surface area (Å²) in [6.45, 7) is 9.85. The zero-order valence-electron chi connectivity index (χ0n) is 11.1. The smallest absolute Gasteiger partial charge is 0.138 e. The van der Waals surface area contributed by atoms with E-state index in [0.29, 0.717) is 6.04 Å². The third-order valence-corrected chi connectivity index (χ3v) is 2.91. The third kappa shape index (κ3) is 3.30. The molecule has 0 aliphatic carbocycles. The van der Waals surface area contributed by atoms with E-state index in [1.54, 1.807) is 6.33 Å². The topological polar surface area (TPSA) is 42.7 Å². The maximum Gasteiger partial charge on any atom is 0.138 e. The van der Waals surface area contributed by atoms with Crippen molar-refractivity contribution < 1.29 is 0 Å². The van der Waals surface area contributed by atoms with Gasteiger partial charge in [0.15, 0.2) is 0 Å². The molecule has 0 aliphatic heterocycles. The van der Waals surface area contributed by atoms with Crippen LogP contribution in [0, 0.1) is 5.41 Å². The summed E-state index contributed by atoms with van der Waals surface area (Å²) in [5.74, 6) is 1.08. The lowest BCUT2D eigenvalue weighted by atomic mass is 9.85. The largest absolute Gasteiger partial charge is 0.316 e. The zero-order chi connectivity index (χ0) is 12.2. The van der Waals surface area contributed by atoms with E-state index < -0.39 is 0 Å². The van der Waals surface area contributed by atoms with Gasteiger partial charge in [0.1, 0.15) is 12.2 Å². The molecule has 0 aromatic carbocycles. The number of nitrogens with zero attached hydrogens (tertiary/aromatic N) is 3. The Kier molecular flexibility index (Phi) is 4.47. The summed E-state index contributed by atoms with van der Waals surface area (Å²) >= 11 is 0. The predicted molar refractivity (Wildman–Crippen MR) is 66.3 cm³/mol. The highest BCUT2D eigenvalue weighted by Gasteiger charge is 2.24. The van der Waals surface area contributed by atoms with Crippen LogP contribution in [0.25, 0.3) is 0 Å². The first-order valence-corrected chi connectivity index (χ1v) is 6.03. The zero-order valence-corrected chi connectivity index (χ0v) is 11.1. The first kappa shape index (κ1) is 13.2.